The molecule has 2 nitrogen and oxygen atoms in total. The Bertz CT molecular complexity index is 72.5. The molecule has 0 fully saturated rings. The van der Waals surface area contributed by atoms with Gasteiger partial charge in [0.1, 0.15) is 0 Å². The molecule has 0 rings (SSSR count). The Morgan fingerprint density at radius 3 is 2.45 bits per heavy atom. The molecule has 1 unspecified atom stereocenters. The highest BCUT2D eigenvalue weighted by atomic mass is 16.5. The van der Waals surface area contributed by atoms with E-state index in [1.807, 2.05) is 0 Å². The lowest BCUT2D eigenvalue weighted by Gasteiger charge is -2.14. The van der Waals surface area contributed by atoms with Crippen molar-refractivity contribution < 1.29 is 9.68 Å². The normalized spacial score (nSPS) is 13.0. The molecule has 1 radical (unpaired) electrons. The van der Waals surface area contributed by atoms with E-state index in [9.17, 15) is 0 Å². The van der Waals surface area contributed by atoms with E-state index >= 15 is 0 Å². The Hall–Kier alpha value is -0.0151. The third kappa shape index (κ3) is 6.39. The van der Waals surface area contributed by atoms with Crippen LogP contribution in [0, 0.1) is 0 Å². The van der Waals surface area contributed by atoms with Gasteiger partial charge < -0.3 is 9.68 Å². The first kappa shape index (κ1) is 11.0. The average Bonchev–Trinajstić information content (AvgIpc) is 2.01. The monoisotopic (exact) mass is 157 g/mol. The second kappa shape index (κ2) is 8.09. The zero-order valence-corrected chi connectivity index (χ0v) is 7.55. The van der Waals surface area contributed by atoms with E-state index in [0.717, 1.165) is 26.9 Å². The fraction of sp³-hybridized carbons (Fsp3) is 1.00. The van der Waals surface area contributed by atoms with Gasteiger partial charge in [-0.2, -0.15) is 0 Å². The van der Waals surface area contributed by atoms with Crippen LogP contribution < -0.4 is 0 Å². The molecule has 0 aromatic carbocycles. The molecule has 65 valence electrons. The van der Waals surface area contributed by atoms with Crippen molar-refractivity contribution in [2.24, 2.45) is 0 Å². The molecule has 0 aliphatic heterocycles. The first-order valence-electron chi connectivity index (χ1n) is 4.46. The summed E-state index contributed by atoms with van der Waals surface area (Å²) in [5.41, 5.74) is 0. The minimum Gasteiger partial charge on any atom is -0.429 e. The first-order valence-corrected chi connectivity index (χ1v) is 4.46. The SMILES string of the molecule is CCCCC(CCC)O[B]O. The summed E-state index contributed by atoms with van der Waals surface area (Å²) < 4.78 is 5.02. The average molecular weight is 157 g/mol. The van der Waals surface area contributed by atoms with Crippen LogP contribution in [0.15, 0.2) is 0 Å². The third-order valence-corrected chi connectivity index (χ3v) is 1.74. The molecule has 1 N–H and O–H groups in total. The molecule has 11 heavy (non-hydrogen) atoms. The minimum absolute atomic E-state index is 0.227. The second-order valence-corrected chi connectivity index (χ2v) is 2.79. The molecule has 0 amide bonds. The molecule has 1 atom stereocenters. The number of hydrogen-bond acceptors (Lipinski definition) is 2. The molecule has 0 aliphatic rings. The van der Waals surface area contributed by atoms with Gasteiger partial charge in [0.15, 0.2) is 0 Å². The summed E-state index contributed by atoms with van der Waals surface area (Å²) in [7, 11) is 0.815. The molecular formula is C8H18BO2. The molecule has 0 bridgehead atoms. The van der Waals surface area contributed by atoms with Crippen molar-refractivity contribution in [1.82, 2.24) is 0 Å². The van der Waals surface area contributed by atoms with Gasteiger partial charge in [-0.15, -0.1) is 0 Å². The predicted octanol–water partition coefficient (Wildman–Crippen LogP) is 1.89. The fourth-order valence-electron chi connectivity index (χ4n) is 1.12. The Labute approximate surface area is 70.3 Å². The second-order valence-electron chi connectivity index (χ2n) is 2.79. The maximum atomic E-state index is 8.42. The van der Waals surface area contributed by atoms with E-state index in [-0.39, 0.29) is 6.10 Å². The van der Waals surface area contributed by atoms with Gasteiger partial charge in [0.2, 0.25) is 0 Å². The van der Waals surface area contributed by atoms with E-state index in [4.69, 9.17) is 9.68 Å². The van der Waals surface area contributed by atoms with Crippen molar-refractivity contribution in [2.45, 2.75) is 52.1 Å². The van der Waals surface area contributed by atoms with E-state index in [0.29, 0.717) is 0 Å². The van der Waals surface area contributed by atoms with Gasteiger partial charge in [-0.05, 0) is 12.8 Å². The largest absolute Gasteiger partial charge is 0.485 e. The number of unbranched alkanes of at least 4 members (excludes halogenated alkanes) is 1. The Kier molecular flexibility index (Phi) is 8.07. The van der Waals surface area contributed by atoms with Crippen LogP contribution in [-0.4, -0.2) is 18.8 Å². The molecule has 0 aromatic heterocycles. The standard InChI is InChI=1S/C8H18BO2/c1-3-5-7-8(6-4-2)11-9-10/h8,10H,3-7H2,1-2H3. The maximum Gasteiger partial charge on any atom is 0.485 e. The van der Waals surface area contributed by atoms with Gasteiger partial charge >= 0.3 is 7.69 Å². The summed E-state index contributed by atoms with van der Waals surface area (Å²) in [6, 6.07) is 0. The smallest absolute Gasteiger partial charge is 0.429 e. The van der Waals surface area contributed by atoms with Crippen LogP contribution in [0.1, 0.15) is 46.0 Å². The Balaban J connectivity index is 3.34. The first-order chi connectivity index (χ1) is 5.35. The molecule has 0 saturated heterocycles. The van der Waals surface area contributed by atoms with Crippen LogP contribution in [0.3, 0.4) is 0 Å². The molecule has 0 heterocycles. The van der Waals surface area contributed by atoms with Crippen LogP contribution in [0.2, 0.25) is 0 Å². The lowest BCUT2D eigenvalue weighted by Crippen LogP contribution is -2.15. The van der Waals surface area contributed by atoms with Crippen molar-refractivity contribution in [3.05, 3.63) is 0 Å². The summed E-state index contributed by atoms with van der Waals surface area (Å²) in [6.07, 6.45) is 5.80. The van der Waals surface area contributed by atoms with E-state index in [1.165, 1.54) is 12.8 Å². The summed E-state index contributed by atoms with van der Waals surface area (Å²) >= 11 is 0. The maximum absolute atomic E-state index is 8.42. The molecular weight excluding hydrogens is 139 g/mol. The molecule has 0 aliphatic carbocycles. The lowest BCUT2D eigenvalue weighted by atomic mass is 10.1. The molecule has 0 spiro atoms. The van der Waals surface area contributed by atoms with Crippen LogP contribution >= 0.6 is 0 Å². The van der Waals surface area contributed by atoms with Gasteiger partial charge in [0.05, 0.1) is 0 Å². The quantitative estimate of drug-likeness (QED) is 0.571. The van der Waals surface area contributed by atoms with Crippen LogP contribution in [0.25, 0.3) is 0 Å². The van der Waals surface area contributed by atoms with Gasteiger partial charge in [0, 0.05) is 6.10 Å². The van der Waals surface area contributed by atoms with Gasteiger partial charge in [-0.1, -0.05) is 33.1 Å². The minimum atomic E-state index is 0.227. The highest BCUT2D eigenvalue weighted by Gasteiger charge is 2.06. The van der Waals surface area contributed by atoms with Crippen LogP contribution in [-0.2, 0) is 4.65 Å². The fourth-order valence-corrected chi connectivity index (χ4v) is 1.12. The summed E-state index contributed by atoms with van der Waals surface area (Å²) in [5, 5.41) is 8.42. The zero-order chi connectivity index (χ0) is 8.53. The lowest BCUT2D eigenvalue weighted by molar-refractivity contribution is 0.160. The van der Waals surface area contributed by atoms with Gasteiger partial charge in [-0.3, -0.25) is 0 Å². The van der Waals surface area contributed by atoms with Crippen molar-refractivity contribution in [2.75, 3.05) is 0 Å². The summed E-state index contributed by atoms with van der Waals surface area (Å²) in [5.74, 6) is 0. The Morgan fingerprint density at radius 2 is 2.00 bits per heavy atom. The van der Waals surface area contributed by atoms with E-state index < -0.39 is 0 Å². The van der Waals surface area contributed by atoms with Crippen molar-refractivity contribution >= 4 is 7.69 Å². The van der Waals surface area contributed by atoms with E-state index in [2.05, 4.69) is 13.8 Å². The highest BCUT2D eigenvalue weighted by Crippen LogP contribution is 2.09. The van der Waals surface area contributed by atoms with E-state index in [1.54, 1.807) is 0 Å². The van der Waals surface area contributed by atoms with Crippen molar-refractivity contribution in [3.8, 4) is 0 Å². The zero-order valence-electron chi connectivity index (χ0n) is 7.55. The number of rotatable bonds is 7. The van der Waals surface area contributed by atoms with Gasteiger partial charge in [-0.25, -0.2) is 0 Å². The van der Waals surface area contributed by atoms with Crippen LogP contribution in [0.4, 0.5) is 0 Å². The van der Waals surface area contributed by atoms with Crippen molar-refractivity contribution in [1.29, 1.82) is 0 Å². The number of hydrogen-bond donors (Lipinski definition) is 1. The van der Waals surface area contributed by atoms with Crippen molar-refractivity contribution in [3.63, 3.8) is 0 Å². The topological polar surface area (TPSA) is 29.5 Å². The molecule has 0 saturated carbocycles. The summed E-state index contributed by atoms with van der Waals surface area (Å²) in [6.45, 7) is 4.28. The Morgan fingerprint density at radius 1 is 1.27 bits per heavy atom. The molecule has 0 aromatic rings. The molecule has 3 heteroatoms. The summed E-state index contributed by atoms with van der Waals surface area (Å²) in [4.78, 5) is 0. The van der Waals surface area contributed by atoms with Crippen LogP contribution in [0.5, 0.6) is 0 Å². The third-order valence-electron chi connectivity index (χ3n) is 1.74. The highest BCUT2D eigenvalue weighted by molar-refractivity contribution is 6.15. The van der Waals surface area contributed by atoms with Gasteiger partial charge in [0.25, 0.3) is 0 Å². The predicted molar refractivity (Wildman–Crippen MR) is 47.3 cm³/mol.